The molecule has 0 radical (unpaired) electrons. The maximum absolute atomic E-state index is 12.1. The number of nitrogens with one attached hydrogen (secondary N) is 1. The molecule has 20 heavy (non-hydrogen) atoms. The Bertz CT molecular complexity index is 438. The van der Waals surface area contributed by atoms with Gasteiger partial charge >= 0.3 is 0 Å². The van der Waals surface area contributed by atoms with Crippen LogP contribution in [-0.2, 0) is 4.79 Å². The first-order chi connectivity index (χ1) is 9.56. The first kappa shape index (κ1) is 15.3. The van der Waals surface area contributed by atoms with Gasteiger partial charge in [-0.15, -0.1) is 0 Å². The number of aliphatic hydroxyl groups is 1. The third-order valence-corrected chi connectivity index (χ3v) is 4.36. The number of aliphatic hydroxyl groups excluding tert-OH is 1. The van der Waals surface area contributed by atoms with Crippen molar-refractivity contribution in [3.8, 4) is 0 Å². The molecule has 0 heterocycles. The number of carbonyl (C=O) groups excluding carboxylic acids is 1. The van der Waals surface area contributed by atoms with Gasteiger partial charge in [-0.25, -0.2) is 0 Å². The summed E-state index contributed by atoms with van der Waals surface area (Å²) in [5, 5.41) is 13.5. The second-order valence-corrected chi connectivity index (χ2v) is 6.21. The fourth-order valence-electron chi connectivity index (χ4n) is 2.67. The maximum Gasteiger partial charge on any atom is 0.223 e. The Kier molecular flexibility index (Phi) is 5.44. The summed E-state index contributed by atoms with van der Waals surface area (Å²) >= 11 is 5.81. The Morgan fingerprint density at radius 1 is 1.30 bits per heavy atom. The average molecular weight is 296 g/mol. The zero-order valence-electron chi connectivity index (χ0n) is 11.8. The van der Waals surface area contributed by atoms with E-state index in [0.29, 0.717) is 5.02 Å². The van der Waals surface area contributed by atoms with E-state index >= 15 is 0 Å². The van der Waals surface area contributed by atoms with E-state index in [4.69, 9.17) is 11.6 Å². The van der Waals surface area contributed by atoms with Crippen LogP contribution in [0.5, 0.6) is 0 Å². The standard InChI is InChI=1S/C16H22ClNO2/c1-11-2-4-13(5-3-11)16(20)18-10-15(19)12-6-8-14(17)9-7-12/h6-9,11,13,15,19H,2-5,10H2,1H3,(H,18,20). The van der Waals surface area contributed by atoms with Crippen LogP contribution in [-0.4, -0.2) is 17.6 Å². The van der Waals surface area contributed by atoms with Gasteiger partial charge in [0.15, 0.2) is 0 Å². The number of amides is 1. The van der Waals surface area contributed by atoms with Gasteiger partial charge in [-0.2, -0.15) is 0 Å². The minimum absolute atomic E-state index is 0.0740. The Morgan fingerprint density at radius 3 is 2.50 bits per heavy atom. The first-order valence-electron chi connectivity index (χ1n) is 7.27. The molecule has 1 aromatic carbocycles. The number of hydrogen-bond acceptors (Lipinski definition) is 2. The summed E-state index contributed by atoms with van der Waals surface area (Å²) in [6.07, 6.45) is 3.49. The van der Waals surface area contributed by atoms with Crippen molar-refractivity contribution in [2.45, 2.75) is 38.7 Å². The van der Waals surface area contributed by atoms with Gasteiger partial charge in [-0.3, -0.25) is 4.79 Å². The molecule has 0 aromatic heterocycles. The molecule has 1 aliphatic rings. The molecule has 0 spiro atoms. The summed E-state index contributed by atoms with van der Waals surface area (Å²) in [6.45, 7) is 2.49. The largest absolute Gasteiger partial charge is 0.387 e. The molecule has 2 N–H and O–H groups in total. The SMILES string of the molecule is CC1CCC(C(=O)NCC(O)c2ccc(Cl)cc2)CC1. The summed E-state index contributed by atoms with van der Waals surface area (Å²) in [7, 11) is 0. The summed E-state index contributed by atoms with van der Waals surface area (Å²) in [6, 6.07) is 7.04. The molecule has 1 aliphatic carbocycles. The third kappa shape index (κ3) is 4.22. The molecule has 4 heteroatoms. The molecular formula is C16H22ClNO2. The molecule has 110 valence electrons. The van der Waals surface area contributed by atoms with Crippen molar-refractivity contribution in [1.29, 1.82) is 0 Å². The first-order valence-corrected chi connectivity index (χ1v) is 7.65. The van der Waals surface area contributed by atoms with Gasteiger partial charge in [0.05, 0.1) is 6.10 Å². The molecule has 1 fully saturated rings. The molecule has 1 unspecified atom stereocenters. The van der Waals surface area contributed by atoms with Gasteiger partial charge in [-0.1, -0.05) is 30.7 Å². The maximum atomic E-state index is 12.1. The van der Waals surface area contributed by atoms with E-state index in [1.807, 2.05) is 0 Å². The van der Waals surface area contributed by atoms with Crippen LogP contribution >= 0.6 is 11.6 Å². The van der Waals surface area contributed by atoms with Crippen molar-refractivity contribution >= 4 is 17.5 Å². The lowest BCUT2D eigenvalue weighted by Gasteiger charge is -2.25. The fourth-order valence-corrected chi connectivity index (χ4v) is 2.79. The van der Waals surface area contributed by atoms with Crippen LogP contribution in [0, 0.1) is 11.8 Å². The van der Waals surface area contributed by atoms with E-state index in [-0.39, 0.29) is 18.4 Å². The second kappa shape index (κ2) is 7.09. The van der Waals surface area contributed by atoms with Gasteiger partial charge in [-0.05, 0) is 49.3 Å². The van der Waals surface area contributed by atoms with Crippen molar-refractivity contribution in [2.75, 3.05) is 6.54 Å². The van der Waals surface area contributed by atoms with Crippen LogP contribution in [0.2, 0.25) is 5.02 Å². The fraction of sp³-hybridized carbons (Fsp3) is 0.562. The van der Waals surface area contributed by atoms with Crippen LogP contribution in [0.15, 0.2) is 24.3 Å². The van der Waals surface area contributed by atoms with Crippen LogP contribution < -0.4 is 5.32 Å². The minimum Gasteiger partial charge on any atom is -0.387 e. The summed E-state index contributed by atoms with van der Waals surface area (Å²) in [5.74, 6) is 0.923. The second-order valence-electron chi connectivity index (χ2n) is 5.77. The molecule has 0 bridgehead atoms. The van der Waals surface area contributed by atoms with Crippen LogP contribution in [0.1, 0.15) is 44.3 Å². The lowest BCUT2D eigenvalue weighted by molar-refractivity contribution is -0.126. The molecule has 1 atom stereocenters. The zero-order chi connectivity index (χ0) is 14.5. The van der Waals surface area contributed by atoms with E-state index in [9.17, 15) is 9.90 Å². The third-order valence-electron chi connectivity index (χ3n) is 4.11. The highest BCUT2D eigenvalue weighted by Crippen LogP contribution is 2.28. The van der Waals surface area contributed by atoms with E-state index in [2.05, 4.69) is 12.2 Å². The van der Waals surface area contributed by atoms with Crippen molar-refractivity contribution < 1.29 is 9.90 Å². The van der Waals surface area contributed by atoms with Crippen molar-refractivity contribution in [2.24, 2.45) is 11.8 Å². The van der Waals surface area contributed by atoms with E-state index in [0.717, 1.165) is 37.2 Å². The number of benzene rings is 1. The van der Waals surface area contributed by atoms with E-state index < -0.39 is 6.10 Å². The number of rotatable bonds is 4. The Hall–Kier alpha value is -1.06. The highest BCUT2D eigenvalue weighted by Gasteiger charge is 2.24. The molecule has 1 amide bonds. The van der Waals surface area contributed by atoms with Crippen molar-refractivity contribution in [1.82, 2.24) is 5.32 Å². The van der Waals surface area contributed by atoms with E-state index in [1.165, 1.54) is 0 Å². The molecule has 2 rings (SSSR count). The lowest BCUT2D eigenvalue weighted by Crippen LogP contribution is -2.35. The van der Waals surface area contributed by atoms with Gasteiger partial charge in [0.2, 0.25) is 5.91 Å². The number of hydrogen-bond donors (Lipinski definition) is 2. The van der Waals surface area contributed by atoms with Crippen LogP contribution in [0.4, 0.5) is 0 Å². The Labute approximate surface area is 125 Å². The summed E-state index contributed by atoms with van der Waals surface area (Å²) < 4.78 is 0. The predicted molar refractivity (Wildman–Crippen MR) is 80.5 cm³/mol. The molecule has 3 nitrogen and oxygen atoms in total. The van der Waals surface area contributed by atoms with Crippen LogP contribution in [0.3, 0.4) is 0 Å². The quantitative estimate of drug-likeness (QED) is 0.895. The van der Waals surface area contributed by atoms with Gasteiger partial charge in [0, 0.05) is 17.5 Å². The Balaban J connectivity index is 1.79. The highest BCUT2D eigenvalue weighted by molar-refractivity contribution is 6.30. The molecule has 0 aliphatic heterocycles. The average Bonchev–Trinajstić information content (AvgIpc) is 2.46. The Morgan fingerprint density at radius 2 is 1.90 bits per heavy atom. The van der Waals surface area contributed by atoms with Crippen molar-refractivity contribution in [3.63, 3.8) is 0 Å². The number of halogens is 1. The monoisotopic (exact) mass is 295 g/mol. The summed E-state index contributed by atoms with van der Waals surface area (Å²) in [5.41, 5.74) is 0.770. The smallest absolute Gasteiger partial charge is 0.223 e. The molecule has 1 saturated carbocycles. The zero-order valence-corrected chi connectivity index (χ0v) is 12.6. The van der Waals surface area contributed by atoms with Gasteiger partial charge in [0.25, 0.3) is 0 Å². The van der Waals surface area contributed by atoms with Gasteiger partial charge in [0.1, 0.15) is 0 Å². The summed E-state index contributed by atoms with van der Waals surface area (Å²) in [4.78, 5) is 12.1. The lowest BCUT2D eigenvalue weighted by atomic mass is 9.82. The van der Waals surface area contributed by atoms with Crippen molar-refractivity contribution in [3.05, 3.63) is 34.9 Å². The topological polar surface area (TPSA) is 49.3 Å². The predicted octanol–water partition coefficient (Wildman–Crippen LogP) is 3.32. The number of carbonyl (C=O) groups is 1. The minimum atomic E-state index is -0.682. The molecular weight excluding hydrogens is 274 g/mol. The van der Waals surface area contributed by atoms with Crippen LogP contribution in [0.25, 0.3) is 0 Å². The molecule has 0 saturated heterocycles. The normalized spacial score (nSPS) is 24.1. The van der Waals surface area contributed by atoms with Gasteiger partial charge < -0.3 is 10.4 Å². The molecule has 1 aromatic rings. The van der Waals surface area contributed by atoms with E-state index in [1.54, 1.807) is 24.3 Å². The highest BCUT2D eigenvalue weighted by atomic mass is 35.5.